The predicted molar refractivity (Wildman–Crippen MR) is 157 cm³/mol. The molecule has 0 aliphatic rings. The summed E-state index contributed by atoms with van der Waals surface area (Å²) in [6, 6.07) is 14.5. The maximum atomic E-state index is 13.4. The maximum Gasteiger partial charge on any atom is 0.256 e. The first kappa shape index (κ1) is 26.7. The van der Waals surface area contributed by atoms with E-state index in [0.717, 1.165) is 46.5 Å². The summed E-state index contributed by atoms with van der Waals surface area (Å²) in [5.74, 6) is 0.648. The smallest absolute Gasteiger partial charge is 0.256 e. The van der Waals surface area contributed by atoms with Gasteiger partial charge in [0.05, 0.1) is 16.9 Å². The number of nitrogens with one attached hydrogen (secondary N) is 1. The van der Waals surface area contributed by atoms with E-state index in [1.807, 2.05) is 37.4 Å². The van der Waals surface area contributed by atoms with Crippen LogP contribution in [0.2, 0.25) is 5.02 Å². The Labute approximate surface area is 233 Å². The van der Waals surface area contributed by atoms with E-state index < -0.39 is 0 Å². The first-order valence-electron chi connectivity index (χ1n) is 13.4. The summed E-state index contributed by atoms with van der Waals surface area (Å²) >= 11 is 6.39. The summed E-state index contributed by atoms with van der Waals surface area (Å²) in [5, 5.41) is 9.22. The third-order valence-corrected chi connectivity index (χ3v) is 7.35. The number of fused-ring (bicyclic) bond motifs is 2. The van der Waals surface area contributed by atoms with Gasteiger partial charge in [0.25, 0.3) is 5.91 Å². The monoisotopic (exact) mass is 543 g/mol. The van der Waals surface area contributed by atoms with Gasteiger partial charge in [0.2, 0.25) is 0 Å². The minimum absolute atomic E-state index is 0.0908. The Morgan fingerprint density at radius 1 is 1.08 bits per heavy atom. The number of pyridine rings is 1. The maximum absolute atomic E-state index is 13.4. The Hall–Kier alpha value is -3.91. The van der Waals surface area contributed by atoms with E-state index in [1.54, 1.807) is 16.9 Å². The number of amides is 1. The average Bonchev–Trinajstić information content (AvgIpc) is 3.53. The van der Waals surface area contributed by atoms with Crippen LogP contribution in [-0.2, 0) is 6.54 Å². The van der Waals surface area contributed by atoms with Crippen LogP contribution in [0.15, 0.2) is 61.1 Å². The first-order chi connectivity index (χ1) is 18.8. The Morgan fingerprint density at radius 3 is 2.51 bits per heavy atom. The van der Waals surface area contributed by atoms with E-state index in [-0.39, 0.29) is 18.0 Å². The minimum Gasteiger partial charge on any atom is -0.355 e. The van der Waals surface area contributed by atoms with E-state index in [0.29, 0.717) is 22.8 Å². The Bertz CT molecular complexity index is 1620. The molecule has 0 bridgehead atoms. The molecule has 0 radical (unpaired) electrons. The van der Waals surface area contributed by atoms with Gasteiger partial charge in [-0.15, -0.1) is 0 Å². The van der Waals surface area contributed by atoms with Crippen LogP contribution in [0.5, 0.6) is 0 Å². The van der Waals surface area contributed by atoms with Crippen molar-refractivity contribution in [2.45, 2.75) is 59.2 Å². The van der Waals surface area contributed by atoms with Gasteiger partial charge in [0.1, 0.15) is 17.0 Å². The van der Waals surface area contributed by atoms with Gasteiger partial charge in [-0.1, -0.05) is 55.8 Å². The summed E-state index contributed by atoms with van der Waals surface area (Å²) in [6.07, 6.45) is 7.05. The van der Waals surface area contributed by atoms with Crippen molar-refractivity contribution in [3.8, 4) is 11.3 Å². The molecule has 0 fully saturated rings. The van der Waals surface area contributed by atoms with Gasteiger partial charge < -0.3 is 14.8 Å². The molecule has 39 heavy (non-hydrogen) atoms. The standard InChI is InChI=1S/C30H34ClN7O/c1-6-22(7-2)34-30(39)24-16-33-38-27(36(5)17-20-11-9-8-10-12-20)14-26(35-29(24)38)25-18-37(19(3)4)28-23(25)13-21(31)15-32-28/h8-16,18-19,22H,6-7,17H2,1-5H3,(H,34,39). The number of hydrogen-bond acceptors (Lipinski definition) is 5. The fraction of sp³-hybridized carbons (Fsp3) is 0.333. The minimum atomic E-state index is -0.172. The molecular weight excluding hydrogens is 510 g/mol. The number of halogens is 1. The van der Waals surface area contributed by atoms with Crippen molar-refractivity contribution in [1.82, 2.24) is 29.5 Å². The highest BCUT2D eigenvalue weighted by molar-refractivity contribution is 6.31. The Balaban J connectivity index is 1.71. The molecule has 4 heterocycles. The molecule has 0 saturated carbocycles. The molecule has 1 amide bonds. The zero-order chi connectivity index (χ0) is 27.7. The van der Waals surface area contributed by atoms with Crippen LogP contribution in [0.4, 0.5) is 5.82 Å². The summed E-state index contributed by atoms with van der Waals surface area (Å²) in [4.78, 5) is 25.1. The summed E-state index contributed by atoms with van der Waals surface area (Å²) in [5.41, 5.74) is 4.58. The van der Waals surface area contributed by atoms with E-state index in [9.17, 15) is 4.79 Å². The second-order valence-electron chi connectivity index (χ2n) is 10.2. The molecule has 1 aromatic carbocycles. The molecule has 0 unspecified atom stereocenters. The number of nitrogens with zero attached hydrogens (tertiary/aromatic N) is 6. The summed E-state index contributed by atoms with van der Waals surface area (Å²) in [6.45, 7) is 9.04. The fourth-order valence-electron chi connectivity index (χ4n) is 4.91. The topological polar surface area (TPSA) is 80.4 Å². The van der Waals surface area contributed by atoms with E-state index in [2.05, 4.69) is 70.9 Å². The van der Waals surface area contributed by atoms with Crippen LogP contribution in [0.3, 0.4) is 0 Å². The van der Waals surface area contributed by atoms with Crippen LogP contribution in [-0.4, -0.2) is 43.1 Å². The molecule has 4 aromatic heterocycles. The SMILES string of the molecule is CCC(CC)NC(=O)c1cnn2c(N(C)Cc3ccccc3)cc(-c3cn(C(C)C)c4ncc(Cl)cc34)nc12. The van der Waals surface area contributed by atoms with Gasteiger partial charge in [-0.2, -0.15) is 9.61 Å². The van der Waals surface area contributed by atoms with Crippen molar-refractivity contribution in [1.29, 1.82) is 0 Å². The van der Waals surface area contributed by atoms with Gasteiger partial charge in [0, 0.05) is 55.1 Å². The van der Waals surface area contributed by atoms with E-state index in [4.69, 9.17) is 16.6 Å². The van der Waals surface area contributed by atoms with Crippen molar-refractivity contribution < 1.29 is 4.79 Å². The largest absolute Gasteiger partial charge is 0.355 e. The number of benzene rings is 1. The molecule has 5 aromatic rings. The number of anilines is 1. The molecule has 0 atom stereocenters. The fourth-order valence-corrected chi connectivity index (χ4v) is 5.07. The van der Waals surface area contributed by atoms with Crippen LogP contribution in [0.1, 0.15) is 62.5 Å². The third kappa shape index (κ3) is 5.21. The lowest BCUT2D eigenvalue weighted by atomic mass is 10.1. The number of rotatable bonds is 9. The third-order valence-electron chi connectivity index (χ3n) is 7.14. The van der Waals surface area contributed by atoms with Crippen molar-refractivity contribution in [2.24, 2.45) is 0 Å². The number of carbonyl (C=O) groups excluding carboxylic acids is 1. The molecule has 0 aliphatic heterocycles. The van der Waals surface area contributed by atoms with Gasteiger partial charge >= 0.3 is 0 Å². The highest BCUT2D eigenvalue weighted by atomic mass is 35.5. The number of aromatic nitrogens is 5. The quantitative estimate of drug-likeness (QED) is 0.228. The lowest BCUT2D eigenvalue weighted by molar-refractivity contribution is 0.0936. The molecule has 1 N–H and O–H groups in total. The molecule has 202 valence electrons. The van der Waals surface area contributed by atoms with Crippen molar-refractivity contribution >= 4 is 40.0 Å². The summed E-state index contributed by atoms with van der Waals surface area (Å²) in [7, 11) is 2.02. The Kier molecular flexibility index (Phi) is 7.57. The highest BCUT2D eigenvalue weighted by Crippen LogP contribution is 2.34. The van der Waals surface area contributed by atoms with Crippen LogP contribution >= 0.6 is 11.6 Å². The van der Waals surface area contributed by atoms with Crippen molar-refractivity contribution in [3.63, 3.8) is 0 Å². The van der Waals surface area contributed by atoms with Gasteiger partial charge in [-0.25, -0.2) is 9.97 Å². The van der Waals surface area contributed by atoms with Crippen LogP contribution < -0.4 is 10.2 Å². The lowest BCUT2D eigenvalue weighted by Crippen LogP contribution is -2.33. The Morgan fingerprint density at radius 2 is 1.82 bits per heavy atom. The van der Waals surface area contributed by atoms with Gasteiger partial charge in [-0.05, 0) is 38.3 Å². The molecular formula is C30H34ClN7O. The molecule has 9 heteroatoms. The zero-order valence-corrected chi connectivity index (χ0v) is 23.8. The van der Waals surface area contributed by atoms with Crippen LogP contribution in [0.25, 0.3) is 27.9 Å². The number of hydrogen-bond donors (Lipinski definition) is 1. The lowest BCUT2D eigenvalue weighted by Gasteiger charge is -2.21. The second kappa shape index (κ2) is 11.1. The van der Waals surface area contributed by atoms with Gasteiger partial charge in [0.15, 0.2) is 5.65 Å². The molecule has 5 rings (SSSR count). The van der Waals surface area contributed by atoms with Crippen molar-refractivity contribution in [3.05, 3.63) is 77.2 Å². The zero-order valence-electron chi connectivity index (χ0n) is 23.0. The average molecular weight is 544 g/mol. The van der Waals surface area contributed by atoms with Crippen molar-refractivity contribution in [2.75, 3.05) is 11.9 Å². The van der Waals surface area contributed by atoms with E-state index >= 15 is 0 Å². The van der Waals surface area contributed by atoms with E-state index in [1.165, 1.54) is 0 Å². The molecule has 0 spiro atoms. The highest BCUT2D eigenvalue weighted by Gasteiger charge is 2.23. The predicted octanol–water partition coefficient (Wildman–Crippen LogP) is 6.54. The van der Waals surface area contributed by atoms with Crippen LogP contribution in [0, 0.1) is 0 Å². The molecule has 0 saturated heterocycles. The second-order valence-corrected chi connectivity index (χ2v) is 10.6. The molecule has 0 aliphatic carbocycles. The summed E-state index contributed by atoms with van der Waals surface area (Å²) < 4.78 is 3.87. The normalized spacial score (nSPS) is 11.7. The number of carbonyl (C=O) groups is 1. The first-order valence-corrected chi connectivity index (χ1v) is 13.8. The van der Waals surface area contributed by atoms with Gasteiger partial charge in [-0.3, -0.25) is 4.79 Å². The molecule has 8 nitrogen and oxygen atoms in total.